The predicted octanol–water partition coefficient (Wildman–Crippen LogP) is -0.147. The molecule has 0 aliphatic carbocycles. The molecule has 7 heteroatoms. The van der Waals surface area contributed by atoms with Crippen molar-refractivity contribution in [2.75, 3.05) is 40.0 Å². The molecule has 0 radical (unpaired) electrons. The van der Waals surface area contributed by atoms with Crippen LogP contribution in [0.25, 0.3) is 0 Å². The van der Waals surface area contributed by atoms with Crippen LogP contribution in [0, 0.1) is 0 Å². The fourth-order valence-electron chi connectivity index (χ4n) is 2.03. The SMILES string of the molecule is COc1ccc(C(=O)C(=O)NCC(=O)N2CCOCC2)cc1. The third kappa shape index (κ3) is 4.05. The van der Waals surface area contributed by atoms with Crippen molar-refractivity contribution in [3.63, 3.8) is 0 Å². The van der Waals surface area contributed by atoms with Gasteiger partial charge >= 0.3 is 0 Å². The maximum Gasteiger partial charge on any atom is 0.292 e. The lowest BCUT2D eigenvalue weighted by Crippen LogP contribution is -2.46. The average molecular weight is 306 g/mol. The molecule has 0 unspecified atom stereocenters. The molecule has 1 N–H and O–H groups in total. The first-order chi connectivity index (χ1) is 10.6. The number of nitrogens with one attached hydrogen (secondary N) is 1. The first-order valence-corrected chi connectivity index (χ1v) is 6.94. The number of ether oxygens (including phenoxy) is 2. The summed E-state index contributed by atoms with van der Waals surface area (Å²) in [6.45, 7) is 1.79. The average Bonchev–Trinajstić information content (AvgIpc) is 2.59. The molecule has 0 atom stereocenters. The van der Waals surface area contributed by atoms with Gasteiger partial charge in [0.25, 0.3) is 5.91 Å². The Morgan fingerprint density at radius 2 is 1.82 bits per heavy atom. The Bertz CT molecular complexity index is 550. The highest BCUT2D eigenvalue weighted by molar-refractivity contribution is 6.43. The van der Waals surface area contributed by atoms with E-state index in [-0.39, 0.29) is 18.0 Å². The van der Waals surface area contributed by atoms with Gasteiger partial charge in [-0.2, -0.15) is 0 Å². The van der Waals surface area contributed by atoms with Crippen molar-refractivity contribution in [3.8, 4) is 5.75 Å². The minimum atomic E-state index is -0.799. The van der Waals surface area contributed by atoms with Gasteiger partial charge in [-0.1, -0.05) is 0 Å². The van der Waals surface area contributed by atoms with Crippen molar-refractivity contribution in [1.29, 1.82) is 0 Å². The molecule has 0 saturated carbocycles. The molecule has 0 bridgehead atoms. The molecule has 1 aliphatic heterocycles. The first kappa shape index (κ1) is 16.0. The maximum atomic E-state index is 11.9. The van der Waals surface area contributed by atoms with Crippen molar-refractivity contribution < 1.29 is 23.9 Å². The van der Waals surface area contributed by atoms with Crippen LogP contribution in [0.3, 0.4) is 0 Å². The van der Waals surface area contributed by atoms with E-state index in [2.05, 4.69) is 5.32 Å². The number of hydrogen-bond acceptors (Lipinski definition) is 5. The zero-order valence-electron chi connectivity index (χ0n) is 12.3. The molecule has 1 saturated heterocycles. The van der Waals surface area contributed by atoms with E-state index in [9.17, 15) is 14.4 Å². The lowest BCUT2D eigenvalue weighted by atomic mass is 10.1. The Morgan fingerprint density at radius 3 is 2.41 bits per heavy atom. The van der Waals surface area contributed by atoms with E-state index in [1.54, 1.807) is 17.0 Å². The summed E-state index contributed by atoms with van der Waals surface area (Å²) < 4.78 is 10.1. The van der Waals surface area contributed by atoms with Gasteiger partial charge in [0, 0.05) is 18.7 Å². The zero-order chi connectivity index (χ0) is 15.9. The number of rotatable bonds is 5. The van der Waals surface area contributed by atoms with Crippen LogP contribution in [0.2, 0.25) is 0 Å². The van der Waals surface area contributed by atoms with Crippen LogP contribution >= 0.6 is 0 Å². The molecule has 0 spiro atoms. The third-order valence-corrected chi connectivity index (χ3v) is 3.32. The number of benzene rings is 1. The van der Waals surface area contributed by atoms with E-state index in [4.69, 9.17) is 9.47 Å². The highest BCUT2D eigenvalue weighted by Gasteiger charge is 2.20. The largest absolute Gasteiger partial charge is 0.497 e. The van der Waals surface area contributed by atoms with Gasteiger partial charge < -0.3 is 19.7 Å². The minimum absolute atomic E-state index is 0.194. The number of hydrogen-bond donors (Lipinski definition) is 1. The standard InChI is InChI=1S/C15H18N2O5/c1-21-12-4-2-11(3-5-12)14(19)15(20)16-10-13(18)17-6-8-22-9-7-17/h2-5H,6-10H2,1H3,(H,16,20). The third-order valence-electron chi connectivity index (χ3n) is 3.32. The number of methoxy groups -OCH3 is 1. The Hall–Kier alpha value is -2.41. The molecule has 0 aromatic heterocycles. The molecule has 2 amide bonds. The molecule has 1 heterocycles. The number of amides is 2. The van der Waals surface area contributed by atoms with E-state index in [1.807, 2.05) is 0 Å². The second kappa shape index (κ2) is 7.56. The number of carbonyl (C=O) groups excluding carboxylic acids is 3. The van der Waals surface area contributed by atoms with Gasteiger partial charge in [-0.15, -0.1) is 0 Å². The monoisotopic (exact) mass is 306 g/mol. The maximum absolute atomic E-state index is 11.9. The first-order valence-electron chi connectivity index (χ1n) is 6.94. The van der Waals surface area contributed by atoms with Gasteiger partial charge in [0.1, 0.15) is 5.75 Å². The van der Waals surface area contributed by atoms with Crippen LogP contribution in [0.5, 0.6) is 5.75 Å². The summed E-state index contributed by atoms with van der Waals surface area (Å²) >= 11 is 0. The second-order valence-corrected chi connectivity index (χ2v) is 4.73. The van der Waals surface area contributed by atoms with Crippen LogP contribution in [0.15, 0.2) is 24.3 Å². The summed E-state index contributed by atoms with van der Waals surface area (Å²) in [5.41, 5.74) is 0.247. The molecule has 118 valence electrons. The minimum Gasteiger partial charge on any atom is -0.497 e. The van der Waals surface area contributed by atoms with Gasteiger partial charge in [0.15, 0.2) is 0 Å². The Kier molecular flexibility index (Phi) is 5.48. The number of Topliss-reactive ketones (excluding diaryl/α,β-unsaturated/α-hetero) is 1. The number of nitrogens with zero attached hydrogens (tertiary/aromatic N) is 1. The summed E-state index contributed by atoms with van der Waals surface area (Å²) in [6.07, 6.45) is 0. The summed E-state index contributed by atoms with van der Waals surface area (Å²) in [7, 11) is 1.51. The van der Waals surface area contributed by atoms with E-state index in [0.717, 1.165) is 0 Å². The number of morpholine rings is 1. The quantitative estimate of drug-likeness (QED) is 0.604. The summed E-state index contributed by atoms with van der Waals surface area (Å²) in [4.78, 5) is 37.2. The molecule has 22 heavy (non-hydrogen) atoms. The molecule has 7 nitrogen and oxygen atoms in total. The lowest BCUT2D eigenvalue weighted by molar-refractivity contribution is -0.135. The highest BCUT2D eigenvalue weighted by atomic mass is 16.5. The molecule has 1 aliphatic rings. The molecule has 1 aromatic rings. The second-order valence-electron chi connectivity index (χ2n) is 4.73. The fourth-order valence-corrected chi connectivity index (χ4v) is 2.03. The van der Waals surface area contributed by atoms with Crippen LogP contribution < -0.4 is 10.1 Å². The van der Waals surface area contributed by atoms with E-state index in [0.29, 0.717) is 32.1 Å². The molecular weight excluding hydrogens is 288 g/mol. The predicted molar refractivity (Wildman–Crippen MR) is 77.7 cm³/mol. The van der Waals surface area contributed by atoms with E-state index in [1.165, 1.54) is 19.2 Å². The topological polar surface area (TPSA) is 84.9 Å². The molecule has 1 fully saturated rings. The Morgan fingerprint density at radius 1 is 1.18 bits per heavy atom. The lowest BCUT2D eigenvalue weighted by Gasteiger charge is -2.26. The van der Waals surface area contributed by atoms with Crippen LogP contribution in [-0.4, -0.2) is 62.5 Å². The van der Waals surface area contributed by atoms with Gasteiger partial charge in [0.2, 0.25) is 11.7 Å². The van der Waals surface area contributed by atoms with E-state index >= 15 is 0 Å². The number of carbonyl (C=O) groups is 3. The van der Waals surface area contributed by atoms with Gasteiger partial charge in [-0.3, -0.25) is 14.4 Å². The summed E-state index contributed by atoms with van der Waals surface area (Å²) in [5.74, 6) is -1.11. The van der Waals surface area contributed by atoms with Crippen molar-refractivity contribution in [3.05, 3.63) is 29.8 Å². The van der Waals surface area contributed by atoms with Crippen LogP contribution in [-0.2, 0) is 14.3 Å². The van der Waals surface area contributed by atoms with E-state index < -0.39 is 11.7 Å². The summed E-state index contributed by atoms with van der Waals surface area (Å²) in [5, 5.41) is 2.35. The van der Waals surface area contributed by atoms with Gasteiger partial charge in [-0.25, -0.2) is 0 Å². The van der Waals surface area contributed by atoms with Crippen molar-refractivity contribution in [2.45, 2.75) is 0 Å². The smallest absolute Gasteiger partial charge is 0.292 e. The van der Waals surface area contributed by atoms with Crippen molar-refractivity contribution in [2.24, 2.45) is 0 Å². The van der Waals surface area contributed by atoms with Crippen molar-refractivity contribution >= 4 is 17.6 Å². The fraction of sp³-hybridized carbons (Fsp3) is 0.400. The van der Waals surface area contributed by atoms with Gasteiger partial charge in [-0.05, 0) is 24.3 Å². The Balaban J connectivity index is 1.85. The van der Waals surface area contributed by atoms with Crippen molar-refractivity contribution in [1.82, 2.24) is 10.2 Å². The summed E-state index contributed by atoms with van der Waals surface area (Å²) in [6, 6.07) is 6.20. The van der Waals surface area contributed by atoms with Gasteiger partial charge in [0.05, 0.1) is 26.9 Å². The normalized spacial score (nSPS) is 14.3. The van der Waals surface area contributed by atoms with Crippen LogP contribution in [0.4, 0.5) is 0 Å². The molecule has 1 aromatic carbocycles. The highest BCUT2D eigenvalue weighted by Crippen LogP contribution is 2.11. The van der Waals surface area contributed by atoms with Crippen LogP contribution in [0.1, 0.15) is 10.4 Å². The molecule has 2 rings (SSSR count). The zero-order valence-corrected chi connectivity index (χ0v) is 12.3. The molecular formula is C15H18N2O5. The number of ketones is 1. The Labute approximate surface area is 128 Å².